The monoisotopic (exact) mass is 436 g/mol. The summed E-state index contributed by atoms with van der Waals surface area (Å²) in [6.07, 6.45) is 1.19. The first-order valence-electron chi connectivity index (χ1n) is 9.28. The van der Waals surface area contributed by atoms with E-state index in [1.54, 1.807) is 0 Å². The van der Waals surface area contributed by atoms with Gasteiger partial charge in [-0.15, -0.1) is 0 Å². The molecule has 1 amide bonds. The average Bonchev–Trinajstić information content (AvgIpc) is 2.66. The van der Waals surface area contributed by atoms with E-state index in [0.717, 1.165) is 20.1 Å². The number of pyridine rings is 1. The third-order valence-corrected chi connectivity index (χ3v) is 4.67. The van der Waals surface area contributed by atoms with Crippen LogP contribution in [0.25, 0.3) is 0 Å². The van der Waals surface area contributed by atoms with Gasteiger partial charge in [0, 0.05) is 17.3 Å². The molecule has 12 heteroatoms. The average molecular weight is 436 g/mol. The maximum atomic E-state index is 14.4. The summed E-state index contributed by atoms with van der Waals surface area (Å²) < 4.78 is 47.4. The summed E-state index contributed by atoms with van der Waals surface area (Å²) in [5, 5.41) is 20.8. The van der Waals surface area contributed by atoms with Crippen LogP contribution in [0.2, 0.25) is 0 Å². The topological polar surface area (TPSA) is 130 Å². The molecule has 0 saturated carbocycles. The number of carbonyl (C=O) groups is 1. The predicted octanol–water partition coefficient (Wildman–Crippen LogP) is 1.14. The van der Waals surface area contributed by atoms with Crippen LogP contribution >= 0.6 is 0 Å². The first kappa shape index (κ1) is 22.6. The van der Waals surface area contributed by atoms with Crippen LogP contribution in [-0.2, 0) is 0 Å². The van der Waals surface area contributed by atoms with Crippen LogP contribution in [0.5, 0.6) is 5.75 Å². The van der Waals surface area contributed by atoms with Crippen LogP contribution in [0.15, 0.2) is 35.5 Å². The fourth-order valence-corrected chi connectivity index (χ4v) is 3.05. The predicted molar refractivity (Wildman–Crippen MR) is 108 cm³/mol. The number of nitrogens with zero attached hydrogens (tertiary/aromatic N) is 2. The van der Waals surface area contributed by atoms with Crippen molar-refractivity contribution in [2.45, 2.75) is 37.3 Å². The Morgan fingerprint density at radius 2 is 2.10 bits per heavy atom. The van der Waals surface area contributed by atoms with Crippen LogP contribution < -0.4 is 15.8 Å². The van der Waals surface area contributed by atoms with Crippen molar-refractivity contribution in [2.75, 3.05) is 5.32 Å². The highest BCUT2D eigenvalue weighted by molar-refractivity contribution is 6.12. The molecule has 3 rings (SSSR count). The number of ether oxygens (including phenoxy) is 1. The molecular weight excluding hydrogens is 416 g/mol. The number of hydrogen-bond donors (Lipinski definition) is 4. The van der Waals surface area contributed by atoms with Crippen molar-refractivity contribution in [1.82, 2.24) is 4.98 Å². The first-order chi connectivity index (χ1) is 14.4. The smallest absolute Gasteiger partial charge is 0.274 e. The van der Waals surface area contributed by atoms with Crippen LogP contribution in [-0.4, -0.2) is 46.3 Å². The second-order valence-electron chi connectivity index (χ2n) is 7.50. The second-order valence-corrected chi connectivity index (χ2v) is 7.50. The number of aromatic nitrogens is 1. The number of benzene rings is 1. The molecule has 1 aromatic heterocycles. The summed E-state index contributed by atoms with van der Waals surface area (Å²) in [5.41, 5.74) is 3.49. The van der Waals surface area contributed by atoms with Gasteiger partial charge in [-0.2, -0.15) is 0 Å². The molecule has 0 fully saturated rings. The molecule has 2 aromatic rings. The number of amidine groups is 1. The highest BCUT2D eigenvalue weighted by atomic mass is 19.2. The van der Waals surface area contributed by atoms with Gasteiger partial charge in [0.2, 0.25) is 7.85 Å². The number of carbonyl (C=O) groups excluding carboxylic acids is 1. The largest absolute Gasteiger partial charge is 0.447 e. The summed E-state index contributed by atoms with van der Waals surface area (Å²) in [7, 11) is 0.992. The zero-order valence-electron chi connectivity index (χ0n) is 16.7. The van der Waals surface area contributed by atoms with E-state index in [4.69, 9.17) is 10.5 Å². The van der Waals surface area contributed by atoms with E-state index in [2.05, 4.69) is 15.3 Å². The van der Waals surface area contributed by atoms with Crippen LogP contribution in [0.1, 0.15) is 41.9 Å². The molecule has 8 nitrogen and oxygen atoms in total. The van der Waals surface area contributed by atoms with E-state index >= 15 is 0 Å². The van der Waals surface area contributed by atoms with Gasteiger partial charge >= 0.3 is 0 Å². The third kappa shape index (κ3) is 5.33. The number of halogens is 3. The van der Waals surface area contributed by atoms with Crippen LogP contribution in [0, 0.1) is 11.6 Å². The van der Waals surface area contributed by atoms with E-state index in [-0.39, 0.29) is 41.4 Å². The molecule has 1 aliphatic rings. The van der Waals surface area contributed by atoms with Crippen molar-refractivity contribution < 1.29 is 32.9 Å². The van der Waals surface area contributed by atoms with E-state index in [9.17, 15) is 28.2 Å². The molecule has 5 N–H and O–H groups in total. The Labute approximate surface area is 176 Å². The minimum Gasteiger partial charge on any atom is -0.447 e. The van der Waals surface area contributed by atoms with Gasteiger partial charge in [-0.25, -0.2) is 18.2 Å². The molecule has 0 bridgehead atoms. The molecule has 164 valence electrons. The van der Waals surface area contributed by atoms with Crippen molar-refractivity contribution in [3.05, 3.63) is 53.4 Å². The number of nitrogens with two attached hydrogens (primary N) is 1. The van der Waals surface area contributed by atoms with Gasteiger partial charge in [0.1, 0.15) is 17.3 Å². The minimum atomic E-state index is -2.42. The Hall–Kier alpha value is -3.12. The van der Waals surface area contributed by atoms with Crippen LogP contribution in [0.3, 0.4) is 0 Å². The van der Waals surface area contributed by atoms with Crippen molar-refractivity contribution in [1.29, 1.82) is 0 Å². The summed E-state index contributed by atoms with van der Waals surface area (Å²) >= 11 is 0. The lowest BCUT2D eigenvalue weighted by Crippen LogP contribution is -2.40. The lowest BCUT2D eigenvalue weighted by atomic mass is 9.90. The first-order valence-corrected chi connectivity index (χ1v) is 9.28. The molecule has 1 aromatic carbocycles. The number of alkyl halides is 1. The minimum absolute atomic E-state index is 0.00762. The van der Waals surface area contributed by atoms with Gasteiger partial charge in [-0.05, 0) is 38.0 Å². The molecule has 0 radical (unpaired) electrons. The number of anilines is 1. The van der Waals surface area contributed by atoms with Gasteiger partial charge in [0.25, 0.3) is 11.8 Å². The lowest BCUT2D eigenvalue weighted by molar-refractivity contribution is -0.223. The van der Waals surface area contributed by atoms with E-state index < -0.39 is 35.1 Å². The highest BCUT2D eigenvalue weighted by Crippen LogP contribution is 2.36. The Kier molecular flexibility index (Phi) is 5.97. The molecular formula is C19H20BF3N4O4. The molecule has 1 unspecified atom stereocenters. The van der Waals surface area contributed by atoms with Gasteiger partial charge in [-0.3, -0.25) is 9.79 Å². The second kappa shape index (κ2) is 8.19. The van der Waals surface area contributed by atoms with Crippen molar-refractivity contribution in [3.8, 4) is 5.75 Å². The van der Waals surface area contributed by atoms with E-state index in [1.165, 1.54) is 25.1 Å². The number of rotatable bonds is 5. The number of aliphatic hydroxyl groups is 2. The number of aliphatic imine (C=N–C) groups is 1. The molecule has 0 aliphatic carbocycles. The highest BCUT2D eigenvalue weighted by Gasteiger charge is 2.35. The fourth-order valence-electron chi connectivity index (χ4n) is 3.05. The van der Waals surface area contributed by atoms with Gasteiger partial charge < -0.3 is 26.0 Å². The quantitative estimate of drug-likeness (QED) is 0.411. The Balaban J connectivity index is 1.81. The zero-order chi connectivity index (χ0) is 23.0. The van der Waals surface area contributed by atoms with E-state index in [0.29, 0.717) is 0 Å². The number of nitrogens with one attached hydrogen (secondary N) is 1. The van der Waals surface area contributed by atoms with Gasteiger partial charge in [0.05, 0.1) is 12.2 Å². The van der Waals surface area contributed by atoms with Crippen molar-refractivity contribution in [3.63, 3.8) is 0 Å². The Bertz CT molecular complexity index is 1030. The maximum absolute atomic E-state index is 14.4. The summed E-state index contributed by atoms with van der Waals surface area (Å²) in [5.74, 6) is -5.83. The SMILES string of the molecule is BC(O)(O)Oc1ccc(C(=O)Nc2cc(F)c(F)c(C3CC[C@](C)(F)C(N)=N3)c2)nc1. The summed E-state index contributed by atoms with van der Waals surface area (Å²) in [6, 6.07) is 3.63. The maximum Gasteiger partial charge on any atom is 0.274 e. The normalized spacial score (nSPS) is 21.4. The molecule has 2 heterocycles. The van der Waals surface area contributed by atoms with Crippen molar-refractivity contribution >= 4 is 25.3 Å². The van der Waals surface area contributed by atoms with E-state index in [1.807, 2.05) is 0 Å². The fraction of sp³-hybridized carbons (Fsp3) is 0.316. The summed E-state index contributed by atoms with van der Waals surface area (Å²) in [4.78, 5) is 20.2. The zero-order valence-corrected chi connectivity index (χ0v) is 16.7. The van der Waals surface area contributed by atoms with Crippen LogP contribution in [0.4, 0.5) is 18.9 Å². The number of amides is 1. The van der Waals surface area contributed by atoms with Gasteiger partial charge in [0.15, 0.2) is 17.3 Å². The summed E-state index contributed by atoms with van der Waals surface area (Å²) in [6.45, 7) is 1.26. The Morgan fingerprint density at radius 1 is 1.39 bits per heavy atom. The standard InChI is InChI=1S/C19H20BF3N4O4/c1-18(23)5-4-13(27-17(18)24)11-6-9(7-12(21)15(11)22)26-16(28)14-3-2-10(8-25-14)31-19(20,29)30/h2-3,6-8,13,29-30H,4-5,20H2,1H3,(H2,24,27)(H,26,28)/t13?,18-/m0/s1. The number of hydrogen-bond acceptors (Lipinski definition) is 7. The van der Waals surface area contributed by atoms with Gasteiger partial charge in [-0.1, -0.05) is 0 Å². The third-order valence-electron chi connectivity index (χ3n) is 4.67. The molecule has 1 aliphatic heterocycles. The Morgan fingerprint density at radius 3 is 2.68 bits per heavy atom. The van der Waals surface area contributed by atoms with Crippen molar-refractivity contribution in [2.24, 2.45) is 10.7 Å². The molecule has 0 spiro atoms. The lowest BCUT2D eigenvalue weighted by Gasteiger charge is -2.28. The molecule has 31 heavy (non-hydrogen) atoms. The molecule has 0 saturated heterocycles. The molecule has 2 atom stereocenters.